The second-order valence-corrected chi connectivity index (χ2v) is 9.07. The van der Waals surface area contributed by atoms with E-state index in [0.29, 0.717) is 11.1 Å². The molecule has 0 radical (unpaired) electrons. The molecule has 0 bridgehead atoms. The standard InChI is InChI=1S/C28H33NO12/c1-15(30)29-22(28(35)36-6)13-21-9-7-8-20(12-21)10-11-23-25(38-17(3)32)27(40-19(5)34)26(39-18(4)33)24(41-23)14-37-16(2)31/h7-9,12,22-27H,13-14H2,1-6H3,(H,29,30)/t22-,23+,24-,25+,26-,27-/m1/s1. The van der Waals surface area contributed by atoms with E-state index in [4.69, 9.17) is 28.4 Å². The van der Waals surface area contributed by atoms with Gasteiger partial charge in [0.05, 0.1) is 7.11 Å². The summed E-state index contributed by atoms with van der Waals surface area (Å²) in [6, 6.07) is 5.86. The van der Waals surface area contributed by atoms with E-state index in [-0.39, 0.29) is 13.0 Å². The molecule has 2 rings (SSSR count). The lowest BCUT2D eigenvalue weighted by Gasteiger charge is -2.42. The predicted molar refractivity (Wildman–Crippen MR) is 139 cm³/mol. The largest absolute Gasteiger partial charge is 0.467 e. The number of methoxy groups -OCH3 is 1. The number of rotatable bonds is 9. The SMILES string of the molecule is COC(=O)[C@@H](Cc1cccc(C#C[C@@H]2O[C@H](COC(C)=O)[C@@H](OC(C)=O)[C@H](OC(C)=O)[C@H]2OC(C)=O)c1)NC(C)=O. The minimum atomic E-state index is -1.33. The van der Waals surface area contributed by atoms with Crippen molar-refractivity contribution in [2.24, 2.45) is 0 Å². The molecule has 1 heterocycles. The van der Waals surface area contributed by atoms with Crippen LogP contribution in [0.3, 0.4) is 0 Å². The van der Waals surface area contributed by atoms with Crippen LogP contribution < -0.4 is 5.32 Å². The Balaban J connectivity index is 2.47. The molecule has 41 heavy (non-hydrogen) atoms. The summed E-state index contributed by atoms with van der Waals surface area (Å²) < 4.78 is 32.0. The number of amides is 1. The fourth-order valence-electron chi connectivity index (χ4n) is 4.09. The van der Waals surface area contributed by atoms with Gasteiger partial charge >= 0.3 is 29.8 Å². The van der Waals surface area contributed by atoms with Gasteiger partial charge in [0.1, 0.15) is 18.8 Å². The van der Waals surface area contributed by atoms with Crippen LogP contribution in [0.25, 0.3) is 0 Å². The predicted octanol–water partition coefficient (Wildman–Crippen LogP) is 0.384. The Morgan fingerprint density at radius 3 is 2.05 bits per heavy atom. The molecule has 0 aliphatic carbocycles. The molecule has 1 N–H and O–H groups in total. The van der Waals surface area contributed by atoms with E-state index >= 15 is 0 Å². The molecular formula is C28H33NO12. The number of ether oxygens (including phenoxy) is 6. The van der Waals surface area contributed by atoms with Crippen molar-refractivity contribution in [3.05, 3.63) is 35.4 Å². The third-order valence-electron chi connectivity index (χ3n) is 5.58. The van der Waals surface area contributed by atoms with Gasteiger partial charge in [0, 0.05) is 46.6 Å². The van der Waals surface area contributed by atoms with Gasteiger partial charge in [-0.3, -0.25) is 24.0 Å². The zero-order valence-corrected chi connectivity index (χ0v) is 23.6. The van der Waals surface area contributed by atoms with Crippen molar-refractivity contribution in [1.82, 2.24) is 5.32 Å². The van der Waals surface area contributed by atoms with Gasteiger partial charge in [0.25, 0.3) is 0 Å². The average Bonchev–Trinajstić information content (AvgIpc) is 2.87. The number of nitrogens with one attached hydrogen (secondary N) is 1. The lowest BCUT2D eigenvalue weighted by molar-refractivity contribution is -0.242. The number of hydrogen-bond donors (Lipinski definition) is 1. The van der Waals surface area contributed by atoms with Crippen molar-refractivity contribution in [3.63, 3.8) is 0 Å². The van der Waals surface area contributed by atoms with E-state index in [1.165, 1.54) is 21.0 Å². The van der Waals surface area contributed by atoms with Crippen LogP contribution in [0, 0.1) is 11.8 Å². The summed E-state index contributed by atoms with van der Waals surface area (Å²) >= 11 is 0. The zero-order chi connectivity index (χ0) is 30.7. The van der Waals surface area contributed by atoms with Crippen molar-refractivity contribution >= 4 is 35.8 Å². The van der Waals surface area contributed by atoms with E-state index in [9.17, 15) is 28.8 Å². The Kier molecular flexibility index (Phi) is 12.3. The summed E-state index contributed by atoms with van der Waals surface area (Å²) in [6.45, 7) is 5.48. The summed E-state index contributed by atoms with van der Waals surface area (Å²) in [5, 5.41) is 2.54. The van der Waals surface area contributed by atoms with Gasteiger partial charge in [-0.25, -0.2) is 4.79 Å². The van der Waals surface area contributed by atoms with E-state index in [1.807, 2.05) is 0 Å². The highest BCUT2D eigenvalue weighted by Crippen LogP contribution is 2.29. The lowest BCUT2D eigenvalue weighted by Crippen LogP contribution is -2.62. The number of benzene rings is 1. The van der Waals surface area contributed by atoms with Gasteiger partial charge in [0.15, 0.2) is 24.4 Å². The van der Waals surface area contributed by atoms with E-state index in [0.717, 1.165) is 20.8 Å². The minimum absolute atomic E-state index is 0.126. The molecule has 0 saturated carbocycles. The molecule has 1 saturated heterocycles. The first-order valence-corrected chi connectivity index (χ1v) is 12.6. The smallest absolute Gasteiger partial charge is 0.328 e. The monoisotopic (exact) mass is 575 g/mol. The third-order valence-corrected chi connectivity index (χ3v) is 5.58. The highest BCUT2D eigenvalue weighted by atomic mass is 16.7. The Morgan fingerprint density at radius 2 is 1.49 bits per heavy atom. The molecule has 1 fully saturated rings. The van der Waals surface area contributed by atoms with E-state index in [1.54, 1.807) is 24.3 Å². The van der Waals surface area contributed by atoms with Crippen LogP contribution in [0.5, 0.6) is 0 Å². The van der Waals surface area contributed by atoms with E-state index < -0.39 is 72.3 Å². The topological polar surface area (TPSA) is 170 Å². The second-order valence-electron chi connectivity index (χ2n) is 9.07. The van der Waals surface area contributed by atoms with Gasteiger partial charge < -0.3 is 33.7 Å². The first kappa shape index (κ1) is 32.8. The van der Waals surface area contributed by atoms with Crippen molar-refractivity contribution in [2.75, 3.05) is 13.7 Å². The maximum absolute atomic E-state index is 12.1. The van der Waals surface area contributed by atoms with Gasteiger partial charge in [-0.2, -0.15) is 0 Å². The molecule has 1 amide bonds. The van der Waals surface area contributed by atoms with Crippen LogP contribution in [-0.4, -0.2) is 86.0 Å². The van der Waals surface area contributed by atoms with E-state index in [2.05, 4.69) is 17.2 Å². The van der Waals surface area contributed by atoms with Crippen molar-refractivity contribution in [2.45, 2.75) is 77.6 Å². The van der Waals surface area contributed by atoms with Gasteiger partial charge in [-0.15, -0.1) is 0 Å². The van der Waals surface area contributed by atoms with Crippen molar-refractivity contribution in [1.29, 1.82) is 0 Å². The molecular weight excluding hydrogens is 542 g/mol. The van der Waals surface area contributed by atoms with Crippen LogP contribution in [0.1, 0.15) is 45.7 Å². The Morgan fingerprint density at radius 1 is 0.878 bits per heavy atom. The van der Waals surface area contributed by atoms with Crippen LogP contribution >= 0.6 is 0 Å². The Labute approximate surface area is 237 Å². The van der Waals surface area contributed by atoms with Crippen LogP contribution in [0.2, 0.25) is 0 Å². The molecule has 1 aliphatic rings. The molecule has 13 nitrogen and oxygen atoms in total. The Hall–Kier alpha value is -4.44. The normalized spacial score (nSPS) is 22.0. The fraction of sp³-hybridized carbons (Fsp3) is 0.500. The summed E-state index contributed by atoms with van der Waals surface area (Å²) in [6.07, 6.45) is -6.14. The Bertz CT molecular complexity index is 1220. The quantitative estimate of drug-likeness (QED) is 0.244. The van der Waals surface area contributed by atoms with Crippen molar-refractivity contribution in [3.8, 4) is 11.8 Å². The fourth-order valence-corrected chi connectivity index (χ4v) is 4.09. The molecule has 1 aliphatic heterocycles. The first-order valence-electron chi connectivity index (χ1n) is 12.6. The van der Waals surface area contributed by atoms with Crippen LogP contribution in [0.4, 0.5) is 0 Å². The number of carbonyl (C=O) groups is 6. The average molecular weight is 576 g/mol. The van der Waals surface area contributed by atoms with Gasteiger partial charge in [-0.05, 0) is 17.7 Å². The van der Waals surface area contributed by atoms with Crippen molar-refractivity contribution < 1.29 is 57.2 Å². The maximum atomic E-state index is 12.1. The summed E-state index contributed by atoms with van der Waals surface area (Å²) in [4.78, 5) is 70.9. The molecule has 6 atom stereocenters. The molecule has 1 aromatic rings. The third kappa shape index (κ3) is 10.6. The van der Waals surface area contributed by atoms with Crippen LogP contribution in [-0.2, 0) is 63.6 Å². The molecule has 0 spiro atoms. The highest BCUT2D eigenvalue weighted by Gasteiger charge is 2.51. The summed E-state index contributed by atoms with van der Waals surface area (Å²) in [5.41, 5.74) is 1.13. The highest BCUT2D eigenvalue weighted by molar-refractivity contribution is 5.83. The van der Waals surface area contributed by atoms with Crippen LogP contribution in [0.15, 0.2) is 24.3 Å². The maximum Gasteiger partial charge on any atom is 0.328 e. The second kappa shape index (κ2) is 15.4. The first-order chi connectivity index (χ1) is 19.3. The minimum Gasteiger partial charge on any atom is -0.467 e. The molecule has 222 valence electrons. The van der Waals surface area contributed by atoms with Gasteiger partial charge in [-0.1, -0.05) is 24.0 Å². The molecule has 13 heteroatoms. The molecule has 0 aromatic heterocycles. The molecule has 0 unspecified atom stereocenters. The summed E-state index contributed by atoms with van der Waals surface area (Å²) in [7, 11) is 1.21. The lowest BCUT2D eigenvalue weighted by atomic mass is 9.94. The summed E-state index contributed by atoms with van der Waals surface area (Å²) in [5.74, 6) is 1.87. The van der Waals surface area contributed by atoms with Gasteiger partial charge in [0.2, 0.25) is 5.91 Å². The zero-order valence-electron chi connectivity index (χ0n) is 23.6. The number of carbonyl (C=O) groups excluding carboxylic acids is 6. The molecule has 1 aromatic carbocycles. The number of esters is 5. The number of hydrogen-bond acceptors (Lipinski definition) is 12.